The van der Waals surface area contributed by atoms with Gasteiger partial charge in [-0.3, -0.25) is 9.30 Å². The third-order valence-electron chi connectivity index (χ3n) is 5.71. The molecule has 9 nitrogen and oxygen atoms in total. The lowest BCUT2D eigenvalue weighted by molar-refractivity contribution is 0.234. The molecule has 31 heavy (non-hydrogen) atoms. The third-order valence-corrected chi connectivity index (χ3v) is 7.35. The van der Waals surface area contributed by atoms with E-state index in [0.29, 0.717) is 23.6 Å². The minimum atomic E-state index is -3.05. The zero-order valence-corrected chi connectivity index (χ0v) is 18.5. The minimum Gasteiger partial charge on any atom is -0.355 e. The molecule has 0 spiro atoms. The molecular weight excluding hydrogens is 414 g/mol. The van der Waals surface area contributed by atoms with Crippen LogP contribution in [0.3, 0.4) is 0 Å². The predicted molar refractivity (Wildman–Crippen MR) is 118 cm³/mol. The van der Waals surface area contributed by atoms with Gasteiger partial charge < -0.3 is 4.90 Å². The number of sulfone groups is 1. The Labute approximate surface area is 181 Å². The van der Waals surface area contributed by atoms with Gasteiger partial charge >= 0.3 is 0 Å². The van der Waals surface area contributed by atoms with E-state index in [1.54, 1.807) is 37.6 Å². The first kappa shape index (κ1) is 21.2. The summed E-state index contributed by atoms with van der Waals surface area (Å²) in [5.74, 6) is 1.55. The first-order valence-electron chi connectivity index (χ1n) is 10.3. The summed E-state index contributed by atoms with van der Waals surface area (Å²) in [5, 5.41) is 9.20. The second-order valence-electron chi connectivity index (χ2n) is 7.78. The van der Waals surface area contributed by atoms with E-state index in [-0.39, 0.29) is 17.7 Å². The maximum absolute atomic E-state index is 12.0. The fourth-order valence-electron chi connectivity index (χ4n) is 3.90. The number of nitrogens with zero attached hydrogens (tertiary/aromatic N) is 7. The Balaban J connectivity index is 1.58. The lowest BCUT2D eigenvalue weighted by atomic mass is 10.1. The Morgan fingerprint density at radius 2 is 2.13 bits per heavy atom. The highest BCUT2D eigenvalue weighted by atomic mass is 32.2. The number of pyridine rings is 1. The van der Waals surface area contributed by atoms with Gasteiger partial charge in [0, 0.05) is 37.8 Å². The number of likely N-dealkylation sites (tertiary alicyclic amines) is 1. The lowest BCUT2D eigenvalue weighted by Gasteiger charge is -2.37. The zero-order valence-electron chi connectivity index (χ0n) is 17.6. The van der Waals surface area contributed by atoms with Gasteiger partial charge in [0.05, 0.1) is 11.8 Å². The van der Waals surface area contributed by atoms with Crippen LogP contribution in [-0.4, -0.2) is 70.5 Å². The molecule has 0 N–H and O–H groups in total. The molecule has 0 radical (unpaired) electrons. The maximum atomic E-state index is 12.0. The highest BCUT2D eigenvalue weighted by Crippen LogP contribution is 2.23. The van der Waals surface area contributed by atoms with E-state index < -0.39 is 9.84 Å². The van der Waals surface area contributed by atoms with Gasteiger partial charge in [-0.2, -0.15) is 5.26 Å². The monoisotopic (exact) mass is 439 g/mol. The van der Waals surface area contributed by atoms with Crippen molar-refractivity contribution in [2.45, 2.75) is 25.8 Å². The topological polar surface area (TPSA) is 107 Å². The largest absolute Gasteiger partial charge is 0.355 e. The number of rotatable bonds is 6. The molecule has 10 heteroatoms. The molecule has 162 valence electrons. The fraction of sp³-hybridized carbons (Fsp3) is 0.429. The molecule has 4 rings (SSSR count). The number of fused-ring (bicyclic) bond motifs is 1. The number of hydrogen-bond acceptors (Lipinski definition) is 8. The third kappa shape index (κ3) is 4.52. The van der Waals surface area contributed by atoms with E-state index >= 15 is 0 Å². The Morgan fingerprint density at radius 1 is 1.29 bits per heavy atom. The van der Waals surface area contributed by atoms with Crippen molar-refractivity contribution in [3.8, 4) is 17.6 Å². The molecule has 1 unspecified atom stereocenters. The molecule has 3 aromatic rings. The Bertz CT molecular complexity index is 1230. The van der Waals surface area contributed by atoms with Crippen molar-refractivity contribution in [1.82, 2.24) is 24.3 Å². The minimum absolute atomic E-state index is 0.103. The van der Waals surface area contributed by atoms with Gasteiger partial charge in [-0.1, -0.05) is 6.92 Å². The summed E-state index contributed by atoms with van der Waals surface area (Å²) in [7, 11) is -1.06. The van der Waals surface area contributed by atoms with E-state index in [9.17, 15) is 13.7 Å². The normalized spacial score (nSPS) is 17.5. The molecule has 1 aliphatic rings. The molecular formula is C21H25N7O2S. The van der Waals surface area contributed by atoms with Gasteiger partial charge in [-0.05, 0) is 37.6 Å². The van der Waals surface area contributed by atoms with Crippen LogP contribution in [0.15, 0.2) is 36.8 Å². The first-order valence-corrected chi connectivity index (χ1v) is 12.1. The SMILES string of the molecule is CCS(=O)(=O)CN1CCCC(N(C)c2ccnc(-c3cnc4ccc(C#N)cn34)n2)C1. The first-order chi connectivity index (χ1) is 14.9. The van der Waals surface area contributed by atoms with Crippen LogP contribution in [0.1, 0.15) is 25.3 Å². The van der Waals surface area contributed by atoms with Crippen LogP contribution in [-0.2, 0) is 9.84 Å². The molecule has 0 bridgehead atoms. The molecule has 0 saturated carbocycles. The molecule has 1 saturated heterocycles. The molecule has 3 aromatic heterocycles. The van der Waals surface area contributed by atoms with Crippen LogP contribution >= 0.6 is 0 Å². The van der Waals surface area contributed by atoms with Crippen LogP contribution in [0.4, 0.5) is 5.82 Å². The van der Waals surface area contributed by atoms with Crippen LogP contribution in [0.25, 0.3) is 17.2 Å². The predicted octanol–water partition coefficient (Wildman–Crippen LogP) is 1.96. The van der Waals surface area contributed by atoms with Gasteiger partial charge in [0.15, 0.2) is 15.7 Å². The standard InChI is InChI=1S/C21H25N7O2S/c1-3-31(29,30)15-27-10-4-5-17(14-27)26(2)20-8-9-23-21(25-20)18-12-24-19-7-6-16(11-22)13-28(18)19/h6-9,12-13,17H,3-5,10,14-15H2,1-2H3. The van der Waals surface area contributed by atoms with Gasteiger partial charge in [-0.15, -0.1) is 0 Å². The van der Waals surface area contributed by atoms with E-state index in [1.165, 1.54) is 0 Å². The number of aromatic nitrogens is 4. The molecule has 0 amide bonds. The van der Waals surface area contributed by atoms with Crippen molar-refractivity contribution in [1.29, 1.82) is 5.26 Å². The van der Waals surface area contributed by atoms with Gasteiger partial charge in [0.25, 0.3) is 0 Å². The molecule has 1 fully saturated rings. The van der Waals surface area contributed by atoms with Crippen LogP contribution < -0.4 is 4.90 Å². The number of piperidine rings is 1. The average molecular weight is 440 g/mol. The van der Waals surface area contributed by atoms with Gasteiger partial charge in [-0.25, -0.2) is 23.4 Å². The molecule has 1 aliphatic heterocycles. The van der Waals surface area contributed by atoms with Crippen molar-refractivity contribution in [3.63, 3.8) is 0 Å². The molecule has 1 atom stereocenters. The highest BCUT2D eigenvalue weighted by Gasteiger charge is 2.27. The maximum Gasteiger partial charge on any atom is 0.180 e. The summed E-state index contributed by atoms with van der Waals surface area (Å²) in [4.78, 5) is 17.7. The quantitative estimate of drug-likeness (QED) is 0.574. The summed E-state index contributed by atoms with van der Waals surface area (Å²) in [6, 6.07) is 7.68. The summed E-state index contributed by atoms with van der Waals surface area (Å²) in [5.41, 5.74) is 1.96. The van der Waals surface area contributed by atoms with Crippen LogP contribution in [0, 0.1) is 11.3 Å². The highest BCUT2D eigenvalue weighted by molar-refractivity contribution is 7.91. The van der Waals surface area contributed by atoms with Crippen molar-refractivity contribution < 1.29 is 8.42 Å². The van der Waals surface area contributed by atoms with E-state index in [2.05, 4.69) is 20.9 Å². The summed E-state index contributed by atoms with van der Waals surface area (Å²) < 4.78 is 25.9. The van der Waals surface area contributed by atoms with Crippen LogP contribution in [0.5, 0.6) is 0 Å². The second-order valence-corrected chi connectivity index (χ2v) is 10.1. The van der Waals surface area contributed by atoms with Crippen molar-refractivity contribution in [3.05, 3.63) is 42.4 Å². The summed E-state index contributed by atoms with van der Waals surface area (Å²) in [6.07, 6.45) is 7.05. The zero-order chi connectivity index (χ0) is 22.0. The van der Waals surface area contributed by atoms with Gasteiger partial charge in [0.2, 0.25) is 0 Å². The fourth-order valence-corrected chi connectivity index (χ4v) is 4.88. The Kier molecular flexibility index (Phi) is 5.89. The number of imidazole rings is 1. The smallest absolute Gasteiger partial charge is 0.180 e. The van der Waals surface area contributed by atoms with E-state index in [0.717, 1.165) is 30.9 Å². The molecule has 0 aromatic carbocycles. The van der Waals surface area contributed by atoms with Crippen molar-refractivity contribution in [2.75, 3.05) is 36.7 Å². The van der Waals surface area contributed by atoms with Crippen LogP contribution in [0.2, 0.25) is 0 Å². The van der Waals surface area contributed by atoms with Crippen molar-refractivity contribution in [2.24, 2.45) is 0 Å². The second kappa shape index (κ2) is 8.61. The number of nitriles is 1. The van der Waals surface area contributed by atoms with E-state index in [1.807, 2.05) is 22.4 Å². The number of hydrogen-bond donors (Lipinski definition) is 0. The van der Waals surface area contributed by atoms with E-state index in [4.69, 9.17) is 4.98 Å². The lowest BCUT2D eigenvalue weighted by Crippen LogP contribution is -2.48. The van der Waals surface area contributed by atoms with Gasteiger partial charge in [0.1, 0.15) is 29.1 Å². The number of likely N-dealkylation sites (N-methyl/N-ethyl adjacent to an activating group) is 1. The molecule has 0 aliphatic carbocycles. The van der Waals surface area contributed by atoms with Crippen molar-refractivity contribution >= 4 is 21.3 Å². The number of anilines is 1. The Hall–Kier alpha value is -3.03. The molecule has 4 heterocycles. The summed E-state index contributed by atoms with van der Waals surface area (Å²) in [6.45, 7) is 3.16. The average Bonchev–Trinajstić information content (AvgIpc) is 3.21. The summed E-state index contributed by atoms with van der Waals surface area (Å²) >= 11 is 0. The Morgan fingerprint density at radius 3 is 2.90 bits per heavy atom.